The summed E-state index contributed by atoms with van der Waals surface area (Å²) in [5.41, 5.74) is 0.111. The predicted octanol–water partition coefficient (Wildman–Crippen LogP) is 3.96. The minimum atomic E-state index is -4.47. The summed E-state index contributed by atoms with van der Waals surface area (Å²) in [6.45, 7) is 1.67. The summed E-state index contributed by atoms with van der Waals surface area (Å²) in [5, 5.41) is 11.4. The number of nitrogens with one attached hydrogen (secondary N) is 1. The lowest BCUT2D eigenvalue weighted by atomic mass is 10.1. The van der Waals surface area contributed by atoms with E-state index in [0.29, 0.717) is 5.56 Å². The van der Waals surface area contributed by atoms with E-state index in [4.69, 9.17) is 5.11 Å². The number of carboxylic acid groups (broad SMARTS) is 1. The lowest BCUT2D eigenvalue weighted by Gasteiger charge is -2.10. The number of carbonyl (C=O) groups is 2. The summed E-state index contributed by atoms with van der Waals surface area (Å²) < 4.78 is 37.5. The number of rotatable bonds is 3. The molecule has 0 aromatic heterocycles. The van der Waals surface area contributed by atoms with E-state index < -0.39 is 23.6 Å². The Morgan fingerprint density at radius 3 is 2.09 bits per heavy atom. The summed E-state index contributed by atoms with van der Waals surface area (Å²) in [6.07, 6.45) is -4.47. The van der Waals surface area contributed by atoms with Gasteiger partial charge in [-0.25, -0.2) is 4.79 Å². The van der Waals surface area contributed by atoms with Gasteiger partial charge in [0.1, 0.15) is 0 Å². The Hall–Kier alpha value is -2.83. The topological polar surface area (TPSA) is 66.4 Å². The smallest absolute Gasteiger partial charge is 0.416 e. The fourth-order valence-corrected chi connectivity index (χ4v) is 1.89. The highest BCUT2D eigenvalue weighted by Crippen LogP contribution is 2.29. The van der Waals surface area contributed by atoms with Crippen LogP contribution in [-0.4, -0.2) is 17.0 Å². The third-order valence-electron chi connectivity index (χ3n) is 3.21. The first-order valence-electron chi connectivity index (χ1n) is 6.51. The van der Waals surface area contributed by atoms with Crippen LogP contribution >= 0.6 is 0 Å². The van der Waals surface area contributed by atoms with E-state index >= 15 is 0 Å². The van der Waals surface area contributed by atoms with E-state index in [2.05, 4.69) is 5.32 Å². The van der Waals surface area contributed by atoms with Crippen LogP contribution in [0.1, 0.15) is 31.8 Å². The van der Waals surface area contributed by atoms with Crippen LogP contribution in [0, 0.1) is 6.92 Å². The third kappa shape index (κ3) is 3.88. The quantitative estimate of drug-likeness (QED) is 0.898. The molecule has 0 saturated heterocycles. The van der Waals surface area contributed by atoms with Crippen molar-refractivity contribution >= 4 is 17.6 Å². The molecule has 0 unspecified atom stereocenters. The Balaban J connectivity index is 2.22. The molecule has 1 amide bonds. The lowest BCUT2D eigenvalue weighted by Crippen LogP contribution is -2.14. The first-order valence-corrected chi connectivity index (χ1v) is 6.51. The van der Waals surface area contributed by atoms with Gasteiger partial charge in [-0.15, -0.1) is 0 Å². The molecule has 2 aromatic carbocycles. The Kier molecular flexibility index (Phi) is 4.40. The van der Waals surface area contributed by atoms with Gasteiger partial charge in [0.05, 0.1) is 11.1 Å². The maximum Gasteiger partial charge on any atom is 0.416 e. The zero-order chi connectivity index (χ0) is 17.2. The molecule has 0 saturated carbocycles. The van der Waals surface area contributed by atoms with Crippen molar-refractivity contribution in [3.8, 4) is 0 Å². The number of alkyl halides is 3. The standard InChI is InChI=1S/C16H12F3NO3/c1-9-2-3-11(15(22)23)8-13(9)20-14(21)10-4-6-12(7-5-10)16(17,18)19/h2-8H,1H3,(H,20,21)(H,22,23). The van der Waals surface area contributed by atoms with Crippen LogP contribution in [0.3, 0.4) is 0 Å². The predicted molar refractivity (Wildman–Crippen MR) is 77.5 cm³/mol. The van der Waals surface area contributed by atoms with Crippen molar-refractivity contribution in [1.82, 2.24) is 0 Å². The molecule has 120 valence electrons. The van der Waals surface area contributed by atoms with Crippen LogP contribution in [0.4, 0.5) is 18.9 Å². The average Bonchev–Trinajstić information content (AvgIpc) is 2.48. The molecule has 0 atom stereocenters. The molecule has 0 radical (unpaired) electrons. The Labute approximate surface area is 129 Å². The minimum Gasteiger partial charge on any atom is -0.478 e. The van der Waals surface area contributed by atoms with Crippen molar-refractivity contribution in [3.05, 3.63) is 64.7 Å². The number of benzene rings is 2. The maximum absolute atomic E-state index is 12.5. The van der Waals surface area contributed by atoms with Crippen LogP contribution in [0.25, 0.3) is 0 Å². The van der Waals surface area contributed by atoms with E-state index in [9.17, 15) is 22.8 Å². The number of anilines is 1. The molecule has 7 heteroatoms. The molecule has 0 aliphatic carbocycles. The summed E-state index contributed by atoms with van der Waals surface area (Å²) in [6, 6.07) is 7.98. The summed E-state index contributed by atoms with van der Waals surface area (Å²) in [5.74, 6) is -1.76. The van der Waals surface area contributed by atoms with Gasteiger partial charge in [0, 0.05) is 11.3 Å². The normalized spacial score (nSPS) is 11.1. The molecule has 4 nitrogen and oxygen atoms in total. The first kappa shape index (κ1) is 16.5. The number of amides is 1. The van der Waals surface area contributed by atoms with Crippen LogP contribution in [0.5, 0.6) is 0 Å². The van der Waals surface area contributed by atoms with Crippen molar-refractivity contribution in [2.24, 2.45) is 0 Å². The SMILES string of the molecule is Cc1ccc(C(=O)O)cc1NC(=O)c1ccc(C(F)(F)F)cc1. The summed E-state index contributed by atoms with van der Waals surface area (Å²) >= 11 is 0. The zero-order valence-electron chi connectivity index (χ0n) is 11.9. The second-order valence-corrected chi connectivity index (χ2v) is 4.86. The Morgan fingerprint density at radius 1 is 1.00 bits per heavy atom. The molecule has 0 spiro atoms. The van der Waals surface area contributed by atoms with Crippen molar-refractivity contribution in [2.45, 2.75) is 13.1 Å². The first-order chi connectivity index (χ1) is 10.7. The molecule has 0 heterocycles. The molecule has 2 aromatic rings. The summed E-state index contributed by atoms with van der Waals surface area (Å²) in [7, 11) is 0. The van der Waals surface area contributed by atoms with Crippen molar-refractivity contribution < 1.29 is 27.9 Å². The Morgan fingerprint density at radius 2 is 1.57 bits per heavy atom. The number of hydrogen-bond acceptors (Lipinski definition) is 2. The maximum atomic E-state index is 12.5. The van der Waals surface area contributed by atoms with Gasteiger partial charge < -0.3 is 10.4 Å². The van der Waals surface area contributed by atoms with E-state index in [1.165, 1.54) is 18.2 Å². The molecule has 2 N–H and O–H groups in total. The van der Waals surface area contributed by atoms with Gasteiger partial charge in [0.15, 0.2) is 0 Å². The third-order valence-corrected chi connectivity index (χ3v) is 3.21. The fourth-order valence-electron chi connectivity index (χ4n) is 1.89. The Bertz CT molecular complexity index is 752. The van der Waals surface area contributed by atoms with Gasteiger partial charge >= 0.3 is 12.1 Å². The molecule has 0 aliphatic rings. The molecule has 23 heavy (non-hydrogen) atoms. The second kappa shape index (κ2) is 6.12. The van der Waals surface area contributed by atoms with Gasteiger partial charge in [0.25, 0.3) is 5.91 Å². The van der Waals surface area contributed by atoms with Gasteiger partial charge in [-0.2, -0.15) is 13.2 Å². The van der Waals surface area contributed by atoms with Crippen LogP contribution in [0.15, 0.2) is 42.5 Å². The van der Waals surface area contributed by atoms with Crippen molar-refractivity contribution in [2.75, 3.05) is 5.32 Å². The highest BCUT2D eigenvalue weighted by Gasteiger charge is 2.30. The van der Waals surface area contributed by atoms with Gasteiger partial charge in [-0.1, -0.05) is 6.07 Å². The minimum absolute atomic E-state index is 0.00156. The highest BCUT2D eigenvalue weighted by atomic mass is 19.4. The van der Waals surface area contributed by atoms with Gasteiger partial charge in [-0.3, -0.25) is 4.79 Å². The van der Waals surface area contributed by atoms with E-state index in [-0.39, 0.29) is 16.8 Å². The van der Waals surface area contributed by atoms with Gasteiger partial charge in [-0.05, 0) is 48.9 Å². The highest BCUT2D eigenvalue weighted by molar-refractivity contribution is 6.05. The largest absolute Gasteiger partial charge is 0.478 e. The van der Waals surface area contributed by atoms with Crippen LogP contribution in [0.2, 0.25) is 0 Å². The molecule has 0 aliphatic heterocycles. The molecular formula is C16H12F3NO3. The van der Waals surface area contributed by atoms with Crippen LogP contribution < -0.4 is 5.32 Å². The van der Waals surface area contributed by atoms with Crippen molar-refractivity contribution in [1.29, 1.82) is 0 Å². The second-order valence-electron chi connectivity index (χ2n) is 4.86. The fraction of sp³-hybridized carbons (Fsp3) is 0.125. The summed E-state index contributed by atoms with van der Waals surface area (Å²) in [4.78, 5) is 23.0. The number of carboxylic acids is 1. The van der Waals surface area contributed by atoms with E-state index in [0.717, 1.165) is 24.3 Å². The zero-order valence-corrected chi connectivity index (χ0v) is 11.9. The molecule has 0 bridgehead atoms. The van der Waals surface area contributed by atoms with Crippen molar-refractivity contribution in [3.63, 3.8) is 0 Å². The number of aryl methyl sites for hydroxylation is 1. The number of hydrogen-bond donors (Lipinski definition) is 2. The number of halogens is 3. The lowest BCUT2D eigenvalue weighted by molar-refractivity contribution is -0.137. The molecule has 2 rings (SSSR count). The van der Waals surface area contributed by atoms with Gasteiger partial charge in [0.2, 0.25) is 0 Å². The number of carbonyl (C=O) groups excluding carboxylic acids is 1. The monoisotopic (exact) mass is 323 g/mol. The average molecular weight is 323 g/mol. The molecule has 0 fully saturated rings. The van der Waals surface area contributed by atoms with E-state index in [1.807, 2.05) is 0 Å². The molecular weight excluding hydrogens is 311 g/mol. The number of aromatic carboxylic acids is 1. The van der Waals surface area contributed by atoms with E-state index in [1.54, 1.807) is 6.92 Å². The van der Waals surface area contributed by atoms with Crippen LogP contribution in [-0.2, 0) is 6.18 Å².